The lowest BCUT2D eigenvalue weighted by molar-refractivity contribution is -0.145. The summed E-state index contributed by atoms with van der Waals surface area (Å²) in [5, 5.41) is 9.55. The van der Waals surface area contributed by atoms with Gasteiger partial charge in [0.25, 0.3) is 11.8 Å². The molecule has 1 aliphatic rings. The molecule has 2 rings (SSSR count). The average molecular weight is 385 g/mol. The first-order valence-electron chi connectivity index (χ1n) is 8.08. The van der Waals surface area contributed by atoms with Gasteiger partial charge in [-0.05, 0) is 30.9 Å². The molecule has 2 unspecified atom stereocenters. The van der Waals surface area contributed by atoms with Gasteiger partial charge in [0.15, 0.2) is 18.1 Å². The molecule has 0 bridgehead atoms. The number of carbonyl (C=O) groups is 3. The van der Waals surface area contributed by atoms with Gasteiger partial charge in [-0.1, -0.05) is 18.5 Å². The minimum absolute atomic E-state index is 0.0610. The van der Waals surface area contributed by atoms with Gasteiger partial charge in [-0.2, -0.15) is 0 Å². The molecular weight excluding hydrogens is 364 g/mol. The molecule has 2 atom stereocenters. The molecule has 0 aliphatic carbocycles. The quantitative estimate of drug-likeness (QED) is 0.767. The second kappa shape index (κ2) is 8.27. The van der Waals surface area contributed by atoms with E-state index < -0.39 is 30.4 Å². The van der Waals surface area contributed by atoms with Crippen molar-refractivity contribution < 1.29 is 29.0 Å². The number of nitrogens with two attached hydrogens (primary N) is 1. The van der Waals surface area contributed by atoms with Crippen molar-refractivity contribution in [3.05, 3.63) is 22.7 Å². The van der Waals surface area contributed by atoms with Crippen LogP contribution in [-0.2, 0) is 9.59 Å². The van der Waals surface area contributed by atoms with Gasteiger partial charge in [-0.15, -0.1) is 0 Å². The third kappa shape index (κ3) is 4.19. The minimum Gasteiger partial charge on any atom is -0.493 e. The third-order valence-corrected chi connectivity index (χ3v) is 4.56. The number of primary amides is 1. The van der Waals surface area contributed by atoms with Gasteiger partial charge in [0.2, 0.25) is 0 Å². The maximum Gasteiger partial charge on any atom is 0.326 e. The summed E-state index contributed by atoms with van der Waals surface area (Å²) in [6.45, 7) is 1.76. The monoisotopic (exact) mass is 384 g/mol. The van der Waals surface area contributed by atoms with Gasteiger partial charge in [-0.25, -0.2) is 4.79 Å². The number of benzene rings is 1. The van der Waals surface area contributed by atoms with Crippen molar-refractivity contribution in [2.24, 2.45) is 11.7 Å². The molecule has 2 amide bonds. The molecule has 0 aromatic heterocycles. The zero-order valence-corrected chi connectivity index (χ0v) is 15.3. The van der Waals surface area contributed by atoms with Gasteiger partial charge in [0.05, 0.1) is 12.1 Å². The van der Waals surface area contributed by atoms with E-state index in [4.69, 9.17) is 26.8 Å². The van der Waals surface area contributed by atoms with Crippen LogP contribution in [0.1, 0.15) is 30.1 Å². The summed E-state index contributed by atoms with van der Waals surface area (Å²) < 4.78 is 10.4. The number of carboxylic acids is 1. The number of piperidine rings is 1. The van der Waals surface area contributed by atoms with E-state index in [1.54, 1.807) is 0 Å². The van der Waals surface area contributed by atoms with Gasteiger partial charge in [0, 0.05) is 12.1 Å². The summed E-state index contributed by atoms with van der Waals surface area (Å²) in [7, 11) is 1.36. The Bertz CT molecular complexity index is 723. The van der Waals surface area contributed by atoms with Crippen LogP contribution >= 0.6 is 11.6 Å². The van der Waals surface area contributed by atoms with E-state index in [0.29, 0.717) is 6.54 Å². The number of hydrogen-bond donors (Lipinski definition) is 2. The average Bonchev–Trinajstić information content (AvgIpc) is 2.58. The minimum atomic E-state index is -1.04. The molecule has 3 N–H and O–H groups in total. The summed E-state index contributed by atoms with van der Waals surface area (Å²) >= 11 is 6.16. The number of carbonyl (C=O) groups excluding carboxylic acids is 2. The molecule has 1 fully saturated rings. The predicted molar refractivity (Wildman–Crippen MR) is 93.6 cm³/mol. The number of hydrogen-bond acceptors (Lipinski definition) is 5. The number of methoxy groups -OCH3 is 1. The fraction of sp³-hybridized carbons (Fsp3) is 0.471. The molecular formula is C17H21ClN2O6. The van der Waals surface area contributed by atoms with Crippen LogP contribution in [-0.4, -0.2) is 54.1 Å². The maximum absolute atomic E-state index is 12.9. The molecule has 1 aliphatic heterocycles. The first-order chi connectivity index (χ1) is 12.3. The number of aliphatic carboxylic acids is 1. The lowest BCUT2D eigenvalue weighted by Gasteiger charge is -2.37. The molecule has 0 spiro atoms. The maximum atomic E-state index is 12.9. The number of halogens is 1. The van der Waals surface area contributed by atoms with E-state index in [2.05, 4.69) is 0 Å². The number of rotatable bonds is 6. The second-order valence-corrected chi connectivity index (χ2v) is 6.55. The predicted octanol–water partition coefficient (Wildman–Crippen LogP) is 1.54. The van der Waals surface area contributed by atoms with Crippen molar-refractivity contribution >= 4 is 29.4 Å². The Morgan fingerprint density at radius 3 is 2.65 bits per heavy atom. The van der Waals surface area contributed by atoms with Gasteiger partial charge < -0.3 is 25.2 Å². The molecule has 0 radical (unpaired) electrons. The zero-order chi connectivity index (χ0) is 19.4. The van der Waals surface area contributed by atoms with Gasteiger partial charge >= 0.3 is 5.97 Å². The molecule has 26 heavy (non-hydrogen) atoms. The molecule has 1 saturated heterocycles. The Morgan fingerprint density at radius 1 is 1.38 bits per heavy atom. The van der Waals surface area contributed by atoms with Crippen LogP contribution in [0, 0.1) is 5.92 Å². The molecule has 1 aromatic carbocycles. The highest BCUT2D eigenvalue weighted by Crippen LogP contribution is 2.37. The number of carboxylic acid groups (broad SMARTS) is 1. The Kier molecular flexibility index (Phi) is 6.31. The molecule has 0 saturated carbocycles. The van der Waals surface area contributed by atoms with Gasteiger partial charge in [0.1, 0.15) is 6.04 Å². The fourth-order valence-electron chi connectivity index (χ4n) is 3.08. The zero-order valence-electron chi connectivity index (χ0n) is 14.5. The largest absolute Gasteiger partial charge is 0.493 e. The molecule has 142 valence electrons. The topological polar surface area (TPSA) is 119 Å². The van der Waals surface area contributed by atoms with Crippen LogP contribution in [0.15, 0.2) is 12.1 Å². The van der Waals surface area contributed by atoms with Crippen molar-refractivity contribution in [2.45, 2.75) is 25.8 Å². The van der Waals surface area contributed by atoms with E-state index in [-0.39, 0.29) is 28.0 Å². The smallest absolute Gasteiger partial charge is 0.326 e. The summed E-state index contributed by atoms with van der Waals surface area (Å²) in [5.74, 6) is -2.09. The van der Waals surface area contributed by atoms with E-state index >= 15 is 0 Å². The Balaban J connectivity index is 2.35. The standard InChI is InChI=1S/C17H21ClN2O6/c1-9-4-3-5-20(14(9)17(23)24)16(22)10-6-11(18)15(12(7-10)25-2)26-8-13(19)21/h6-7,9,14H,3-5,8H2,1-2H3,(H2,19,21)(H,23,24). The normalized spacial score (nSPS) is 19.7. The lowest BCUT2D eigenvalue weighted by atomic mass is 9.90. The molecule has 1 aromatic rings. The summed E-state index contributed by atoms with van der Waals surface area (Å²) in [6, 6.07) is 1.87. The summed E-state index contributed by atoms with van der Waals surface area (Å²) in [6.07, 6.45) is 1.46. The van der Waals surface area contributed by atoms with Crippen molar-refractivity contribution in [1.29, 1.82) is 0 Å². The highest BCUT2D eigenvalue weighted by molar-refractivity contribution is 6.32. The fourth-order valence-corrected chi connectivity index (χ4v) is 3.35. The molecule has 9 heteroatoms. The van der Waals surface area contributed by atoms with E-state index in [1.165, 1.54) is 24.1 Å². The van der Waals surface area contributed by atoms with Crippen molar-refractivity contribution in [3.8, 4) is 11.5 Å². The third-order valence-electron chi connectivity index (χ3n) is 4.28. The Labute approximate surface area is 155 Å². The number of nitrogens with zero attached hydrogens (tertiary/aromatic N) is 1. The summed E-state index contributed by atoms with van der Waals surface area (Å²) in [4.78, 5) is 36.7. The lowest BCUT2D eigenvalue weighted by Crippen LogP contribution is -2.51. The molecule has 1 heterocycles. The number of ether oxygens (including phenoxy) is 2. The second-order valence-electron chi connectivity index (χ2n) is 6.15. The van der Waals surface area contributed by atoms with Crippen LogP contribution < -0.4 is 15.2 Å². The van der Waals surface area contributed by atoms with Crippen LogP contribution in [0.3, 0.4) is 0 Å². The Hall–Kier alpha value is -2.48. The SMILES string of the molecule is COc1cc(C(=O)N2CCCC(C)C2C(=O)O)cc(Cl)c1OCC(N)=O. The Morgan fingerprint density at radius 2 is 2.08 bits per heavy atom. The van der Waals surface area contributed by atoms with E-state index in [0.717, 1.165) is 12.8 Å². The number of likely N-dealkylation sites (tertiary alicyclic amines) is 1. The first-order valence-corrected chi connectivity index (χ1v) is 8.46. The van der Waals surface area contributed by atoms with Crippen LogP contribution in [0.25, 0.3) is 0 Å². The van der Waals surface area contributed by atoms with Crippen molar-refractivity contribution in [1.82, 2.24) is 4.90 Å². The van der Waals surface area contributed by atoms with Crippen LogP contribution in [0.2, 0.25) is 5.02 Å². The summed E-state index contributed by atoms with van der Waals surface area (Å²) in [5.41, 5.74) is 5.23. The van der Waals surface area contributed by atoms with Crippen LogP contribution in [0.4, 0.5) is 0 Å². The van der Waals surface area contributed by atoms with Crippen molar-refractivity contribution in [2.75, 3.05) is 20.3 Å². The first kappa shape index (κ1) is 19.8. The van der Waals surface area contributed by atoms with Gasteiger partial charge in [-0.3, -0.25) is 9.59 Å². The van der Waals surface area contributed by atoms with E-state index in [9.17, 15) is 19.5 Å². The molecule has 8 nitrogen and oxygen atoms in total. The highest BCUT2D eigenvalue weighted by atomic mass is 35.5. The van der Waals surface area contributed by atoms with Crippen LogP contribution in [0.5, 0.6) is 11.5 Å². The van der Waals surface area contributed by atoms with E-state index in [1.807, 2.05) is 6.92 Å². The highest BCUT2D eigenvalue weighted by Gasteiger charge is 2.37. The van der Waals surface area contributed by atoms with Crippen molar-refractivity contribution in [3.63, 3.8) is 0 Å². The number of amides is 2.